The Labute approximate surface area is 135 Å². The molecule has 0 atom stereocenters. The number of fused-ring (bicyclic) bond motifs is 1. The van der Waals surface area contributed by atoms with E-state index in [1.54, 1.807) is 24.0 Å². The van der Waals surface area contributed by atoms with Gasteiger partial charge in [0.1, 0.15) is 5.82 Å². The number of benzene rings is 1. The van der Waals surface area contributed by atoms with Gasteiger partial charge in [0.05, 0.1) is 16.8 Å². The average molecular weight is 336 g/mol. The summed E-state index contributed by atoms with van der Waals surface area (Å²) in [6.07, 6.45) is 0. The molecule has 0 bridgehead atoms. The summed E-state index contributed by atoms with van der Waals surface area (Å²) in [4.78, 5) is 21.7. The van der Waals surface area contributed by atoms with E-state index >= 15 is 0 Å². The molecule has 7 nitrogen and oxygen atoms in total. The molecule has 1 saturated heterocycles. The summed E-state index contributed by atoms with van der Waals surface area (Å²) in [5, 5.41) is 0. The third-order valence-electron chi connectivity index (χ3n) is 4.13. The molecular formula is C15H20N4O3S. The van der Waals surface area contributed by atoms with Crippen LogP contribution in [0.1, 0.15) is 23.1 Å². The number of carbonyl (C=O) groups is 1. The maximum absolute atomic E-state index is 12.6. The molecule has 8 heteroatoms. The van der Waals surface area contributed by atoms with Crippen LogP contribution in [-0.2, 0) is 10.0 Å². The Kier molecular flexibility index (Phi) is 4.11. The number of sulfonamides is 1. The SMILES string of the molecule is CCS(=O)(=O)N1CCN(C(=O)c2ccc3nc(C)[nH]c3c2)CC1. The zero-order valence-electron chi connectivity index (χ0n) is 13.2. The van der Waals surface area contributed by atoms with Gasteiger partial charge >= 0.3 is 0 Å². The van der Waals surface area contributed by atoms with Crippen molar-refractivity contribution in [3.63, 3.8) is 0 Å². The monoisotopic (exact) mass is 336 g/mol. The van der Waals surface area contributed by atoms with Crippen LogP contribution in [0.4, 0.5) is 0 Å². The molecule has 1 amide bonds. The molecule has 1 aliphatic heterocycles. The van der Waals surface area contributed by atoms with Crippen molar-refractivity contribution in [2.45, 2.75) is 13.8 Å². The van der Waals surface area contributed by atoms with Crippen LogP contribution in [0.25, 0.3) is 11.0 Å². The van der Waals surface area contributed by atoms with Crippen LogP contribution in [-0.4, -0.2) is 65.4 Å². The number of nitrogens with zero attached hydrogens (tertiary/aromatic N) is 3. The van der Waals surface area contributed by atoms with Crippen molar-refractivity contribution in [3.8, 4) is 0 Å². The number of imidazole rings is 1. The van der Waals surface area contributed by atoms with Gasteiger partial charge in [0.25, 0.3) is 5.91 Å². The lowest BCUT2D eigenvalue weighted by molar-refractivity contribution is 0.0698. The van der Waals surface area contributed by atoms with Gasteiger partial charge in [0.15, 0.2) is 0 Å². The molecule has 1 aromatic carbocycles. The summed E-state index contributed by atoms with van der Waals surface area (Å²) in [5.74, 6) is 0.826. The Balaban J connectivity index is 1.73. The Bertz CT molecular complexity index is 836. The van der Waals surface area contributed by atoms with Crippen molar-refractivity contribution < 1.29 is 13.2 Å². The van der Waals surface area contributed by atoms with E-state index in [9.17, 15) is 13.2 Å². The number of aryl methyl sites for hydroxylation is 1. The van der Waals surface area contributed by atoms with Crippen molar-refractivity contribution in [2.24, 2.45) is 0 Å². The van der Waals surface area contributed by atoms with E-state index in [2.05, 4.69) is 9.97 Å². The van der Waals surface area contributed by atoms with Gasteiger partial charge in [0, 0.05) is 31.7 Å². The Morgan fingerprint density at radius 2 is 1.96 bits per heavy atom. The van der Waals surface area contributed by atoms with Gasteiger partial charge < -0.3 is 9.88 Å². The number of amides is 1. The van der Waals surface area contributed by atoms with E-state index in [1.807, 2.05) is 13.0 Å². The highest BCUT2D eigenvalue weighted by Crippen LogP contribution is 2.16. The predicted molar refractivity (Wildman–Crippen MR) is 87.8 cm³/mol. The minimum atomic E-state index is -3.18. The molecule has 1 aliphatic rings. The maximum atomic E-state index is 12.6. The first-order valence-corrected chi connectivity index (χ1v) is 9.25. The van der Waals surface area contributed by atoms with Gasteiger partial charge in [-0.15, -0.1) is 0 Å². The molecule has 0 aliphatic carbocycles. The summed E-state index contributed by atoms with van der Waals surface area (Å²) >= 11 is 0. The van der Waals surface area contributed by atoms with E-state index in [0.29, 0.717) is 31.7 Å². The van der Waals surface area contributed by atoms with Crippen molar-refractivity contribution in [2.75, 3.05) is 31.9 Å². The van der Waals surface area contributed by atoms with Crippen molar-refractivity contribution >= 4 is 27.0 Å². The number of nitrogens with one attached hydrogen (secondary N) is 1. The fourth-order valence-corrected chi connectivity index (χ4v) is 3.89. The van der Waals surface area contributed by atoms with E-state index in [4.69, 9.17) is 0 Å². The van der Waals surface area contributed by atoms with E-state index in [0.717, 1.165) is 16.9 Å². The summed E-state index contributed by atoms with van der Waals surface area (Å²) in [6, 6.07) is 5.39. The van der Waals surface area contributed by atoms with E-state index < -0.39 is 10.0 Å². The second-order valence-electron chi connectivity index (χ2n) is 5.65. The van der Waals surface area contributed by atoms with Crippen molar-refractivity contribution in [1.29, 1.82) is 0 Å². The minimum absolute atomic E-state index is 0.0762. The van der Waals surface area contributed by atoms with E-state index in [1.165, 1.54) is 4.31 Å². The average Bonchev–Trinajstić information content (AvgIpc) is 2.93. The van der Waals surface area contributed by atoms with Crippen LogP contribution in [0.5, 0.6) is 0 Å². The molecular weight excluding hydrogens is 316 g/mol. The molecule has 3 rings (SSSR count). The number of hydrogen-bond donors (Lipinski definition) is 1. The van der Waals surface area contributed by atoms with Gasteiger partial charge in [-0.3, -0.25) is 4.79 Å². The van der Waals surface area contributed by atoms with Gasteiger partial charge in [-0.1, -0.05) is 0 Å². The highest BCUT2D eigenvalue weighted by Gasteiger charge is 2.28. The minimum Gasteiger partial charge on any atom is -0.342 e. The second-order valence-corrected chi connectivity index (χ2v) is 7.90. The van der Waals surface area contributed by atoms with Crippen LogP contribution >= 0.6 is 0 Å². The Morgan fingerprint density at radius 1 is 1.26 bits per heavy atom. The number of piperazine rings is 1. The fourth-order valence-electron chi connectivity index (χ4n) is 2.80. The molecule has 124 valence electrons. The van der Waals surface area contributed by atoms with E-state index in [-0.39, 0.29) is 11.7 Å². The lowest BCUT2D eigenvalue weighted by Crippen LogP contribution is -2.50. The van der Waals surface area contributed by atoms with Crippen LogP contribution in [0.3, 0.4) is 0 Å². The molecule has 1 fully saturated rings. The second kappa shape index (κ2) is 5.93. The Morgan fingerprint density at radius 3 is 2.61 bits per heavy atom. The number of aromatic amines is 1. The van der Waals surface area contributed by atoms with Crippen molar-refractivity contribution in [1.82, 2.24) is 19.2 Å². The fraction of sp³-hybridized carbons (Fsp3) is 0.467. The van der Waals surface area contributed by atoms with Gasteiger partial charge in [0.2, 0.25) is 10.0 Å². The third kappa shape index (κ3) is 3.09. The number of rotatable bonds is 3. The summed E-state index contributed by atoms with van der Waals surface area (Å²) in [7, 11) is -3.18. The quantitative estimate of drug-likeness (QED) is 0.905. The lowest BCUT2D eigenvalue weighted by atomic mass is 10.1. The van der Waals surface area contributed by atoms with Crippen LogP contribution < -0.4 is 0 Å². The maximum Gasteiger partial charge on any atom is 0.254 e. The highest BCUT2D eigenvalue weighted by molar-refractivity contribution is 7.89. The lowest BCUT2D eigenvalue weighted by Gasteiger charge is -2.33. The number of hydrogen-bond acceptors (Lipinski definition) is 4. The first-order valence-electron chi connectivity index (χ1n) is 7.64. The van der Waals surface area contributed by atoms with Crippen LogP contribution in [0, 0.1) is 6.92 Å². The third-order valence-corrected chi connectivity index (χ3v) is 6.01. The summed E-state index contributed by atoms with van der Waals surface area (Å²) in [5.41, 5.74) is 2.26. The first-order chi connectivity index (χ1) is 10.9. The zero-order chi connectivity index (χ0) is 16.6. The molecule has 23 heavy (non-hydrogen) atoms. The highest BCUT2D eigenvalue weighted by atomic mass is 32.2. The Hall–Kier alpha value is -1.93. The molecule has 1 N–H and O–H groups in total. The number of aromatic nitrogens is 2. The van der Waals surface area contributed by atoms with Gasteiger partial charge in [-0.05, 0) is 32.0 Å². The molecule has 0 spiro atoms. The zero-order valence-corrected chi connectivity index (χ0v) is 14.1. The van der Waals surface area contributed by atoms with Crippen molar-refractivity contribution in [3.05, 3.63) is 29.6 Å². The molecule has 2 heterocycles. The number of carbonyl (C=O) groups excluding carboxylic acids is 1. The molecule has 2 aromatic rings. The van der Waals surface area contributed by atoms with Crippen LogP contribution in [0.15, 0.2) is 18.2 Å². The molecule has 1 aromatic heterocycles. The smallest absolute Gasteiger partial charge is 0.254 e. The topological polar surface area (TPSA) is 86.4 Å². The van der Waals surface area contributed by atoms with Gasteiger partial charge in [-0.25, -0.2) is 13.4 Å². The largest absolute Gasteiger partial charge is 0.342 e. The van der Waals surface area contributed by atoms with Crippen LogP contribution in [0.2, 0.25) is 0 Å². The molecule has 0 unspecified atom stereocenters. The number of H-pyrrole nitrogens is 1. The predicted octanol–water partition coefficient (Wildman–Crippen LogP) is 0.979. The van der Waals surface area contributed by atoms with Gasteiger partial charge in [-0.2, -0.15) is 4.31 Å². The molecule has 0 radical (unpaired) electrons. The summed E-state index contributed by atoms with van der Waals surface area (Å²) < 4.78 is 25.2. The summed E-state index contributed by atoms with van der Waals surface area (Å²) in [6.45, 7) is 5.04. The first kappa shape index (κ1) is 15.9. The standard InChI is InChI=1S/C15H20N4O3S/c1-3-23(21,22)19-8-6-18(7-9-19)15(20)12-4-5-13-14(10-12)17-11(2)16-13/h4-5,10H,3,6-9H2,1-2H3,(H,16,17). The normalized spacial score (nSPS) is 16.9. The molecule has 0 saturated carbocycles.